The molecule has 1 saturated carbocycles. The van der Waals surface area contributed by atoms with E-state index in [-0.39, 0.29) is 5.82 Å². The van der Waals surface area contributed by atoms with Crippen LogP contribution in [0.2, 0.25) is 0 Å². The summed E-state index contributed by atoms with van der Waals surface area (Å²) in [4.78, 5) is 18.2. The molecule has 4 rings (SSSR count). The molecule has 1 aromatic heterocycles. The number of carbonyl (C=O) groups is 1. The predicted molar refractivity (Wildman–Crippen MR) is 89.2 cm³/mol. The number of nitrogens with zero attached hydrogens (tertiary/aromatic N) is 2. The molecule has 5 nitrogen and oxygen atoms in total. The predicted octanol–water partition coefficient (Wildman–Crippen LogP) is 3.70. The van der Waals surface area contributed by atoms with Gasteiger partial charge in [0.15, 0.2) is 0 Å². The number of halogens is 1. The van der Waals surface area contributed by atoms with Gasteiger partial charge in [-0.1, -0.05) is 18.9 Å². The Labute approximate surface area is 145 Å². The van der Waals surface area contributed by atoms with Crippen LogP contribution in [0.25, 0.3) is 11.5 Å². The zero-order chi connectivity index (χ0) is 17.4. The van der Waals surface area contributed by atoms with Crippen LogP contribution in [-0.4, -0.2) is 33.0 Å². The summed E-state index contributed by atoms with van der Waals surface area (Å²) in [6, 6.07) is 5.96. The molecule has 0 bridgehead atoms. The Hall–Kier alpha value is -2.21. The molecule has 2 aliphatic rings. The van der Waals surface area contributed by atoms with Crippen molar-refractivity contribution in [2.24, 2.45) is 5.92 Å². The van der Waals surface area contributed by atoms with Gasteiger partial charge >= 0.3 is 5.97 Å². The van der Waals surface area contributed by atoms with E-state index in [9.17, 15) is 14.3 Å². The number of oxazole rings is 1. The number of hydrogen-bond donors (Lipinski definition) is 1. The molecule has 2 fully saturated rings. The zero-order valence-electron chi connectivity index (χ0n) is 13.9. The summed E-state index contributed by atoms with van der Waals surface area (Å²) in [7, 11) is 0. The molecule has 0 spiro atoms. The summed E-state index contributed by atoms with van der Waals surface area (Å²) in [6.07, 6.45) is 6.76. The number of hydrogen-bond acceptors (Lipinski definition) is 4. The Balaban J connectivity index is 1.55. The van der Waals surface area contributed by atoms with E-state index < -0.39 is 12.0 Å². The van der Waals surface area contributed by atoms with Crippen LogP contribution in [0, 0.1) is 11.7 Å². The molecule has 2 aromatic rings. The fourth-order valence-corrected chi connectivity index (χ4v) is 4.34. The van der Waals surface area contributed by atoms with Crippen LogP contribution in [0.15, 0.2) is 34.9 Å². The number of rotatable bonds is 4. The van der Waals surface area contributed by atoms with Crippen molar-refractivity contribution in [1.82, 2.24) is 9.88 Å². The van der Waals surface area contributed by atoms with Gasteiger partial charge in [0.2, 0.25) is 5.89 Å². The number of aliphatic carboxylic acids is 1. The fourth-order valence-electron chi connectivity index (χ4n) is 4.34. The molecule has 6 heteroatoms. The standard InChI is InChI=1S/C19H21FN2O3/c20-14-6-3-5-13(8-14)18-21-15(11-25-18)10-22-16-7-2-1-4-12(16)9-17(22)19(23)24/h3,5-6,8,11-12,16-17H,1-2,4,7,9-10H2,(H,23,24)/t12-,16+,17+/m1/s1. The molecular weight excluding hydrogens is 323 g/mol. The molecular formula is C19H21FN2O3. The van der Waals surface area contributed by atoms with Gasteiger partial charge in [0.25, 0.3) is 0 Å². The maximum absolute atomic E-state index is 13.4. The molecule has 1 aromatic carbocycles. The Kier molecular flexibility index (Phi) is 4.29. The first-order valence-corrected chi connectivity index (χ1v) is 8.80. The lowest BCUT2D eigenvalue weighted by molar-refractivity contribution is -0.142. The second-order valence-corrected chi connectivity index (χ2v) is 7.03. The molecule has 25 heavy (non-hydrogen) atoms. The van der Waals surface area contributed by atoms with E-state index >= 15 is 0 Å². The molecule has 3 atom stereocenters. The van der Waals surface area contributed by atoms with Gasteiger partial charge in [0.05, 0.1) is 5.69 Å². The number of aromatic nitrogens is 1. The van der Waals surface area contributed by atoms with Crippen LogP contribution in [-0.2, 0) is 11.3 Å². The number of likely N-dealkylation sites (tertiary alicyclic amines) is 1. The summed E-state index contributed by atoms with van der Waals surface area (Å²) in [5.74, 6) is -0.277. The van der Waals surface area contributed by atoms with Crippen molar-refractivity contribution >= 4 is 5.97 Å². The van der Waals surface area contributed by atoms with Gasteiger partial charge < -0.3 is 9.52 Å². The van der Waals surface area contributed by atoms with Gasteiger partial charge in [-0.05, 0) is 43.4 Å². The van der Waals surface area contributed by atoms with Crippen molar-refractivity contribution in [2.45, 2.75) is 50.7 Å². The minimum Gasteiger partial charge on any atom is -0.480 e. The first kappa shape index (κ1) is 16.3. The molecule has 0 unspecified atom stereocenters. The fraction of sp³-hybridized carbons (Fsp3) is 0.474. The van der Waals surface area contributed by atoms with Crippen molar-refractivity contribution in [1.29, 1.82) is 0 Å². The van der Waals surface area contributed by atoms with E-state index in [0.29, 0.717) is 42.1 Å². The minimum absolute atomic E-state index is 0.309. The van der Waals surface area contributed by atoms with Crippen LogP contribution in [0.5, 0.6) is 0 Å². The highest BCUT2D eigenvalue weighted by Gasteiger charge is 2.45. The van der Waals surface area contributed by atoms with Crippen LogP contribution in [0.1, 0.15) is 37.8 Å². The first-order valence-electron chi connectivity index (χ1n) is 8.80. The van der Waals surface area contributed by atoms with Gasteiger partial charge in [-0.3, -0.25) is 9.69 Å². The van der Waals surface area contributed by atoms with E-state index in [1.807, 2.05) is 0 Å². The average Bonchev–Trinajstić information content (AvgIpc) is 3.21. The molecule has 1 N–H and O–H groups in total. The highest BCUT2D eigenvalue weighted by Crippen LogP contribution is 2.40. The Morgan fingerprint density at radius 1 is 1.36 bits per heavy atom. The van der Waals surface area contributed by atoms with Crippen molar-refractivity contribution in [3.8, 4) is 11.5 Å². The summed E-state index contributed by atoms with van der Waals surface area (Å²) >= 11 is 0. The van der Waals surface area contributed by atoms with E-state index in [4.69, 9.17) is 4.42 Å². The Morgan fingerprint density at radius 3 is 3.00 bits per heavy atom. The molecule has 1 aliphatic carbocycles. The normalized spacial score (nSPS) is 26.5. The van der Waals surface area contributed by atoms with Gasteiger partial charge in [0, 0.05) is 18.2 Å². The molecule has 0 radical (unpaired) electrons. The molecule has 0 amide bonds. The van der Waals surface area contributed by atoms with Gasteiger partial charge in [-0.15, -0.1) is 0 Å². The van der Waals surface area contributed by atoms with Crippen molar-refractivity contribution in [2.75, 3.05) is 0 Å². The summed E-state index contributed by atoms with van der Waals surface area (Å²) in [5.41, 5.74) is 1.27. The third kappa shape index (κ3) is 3.18. The van der Waals surface area contributed by atoms with E-state index in [1.54, 1.807) is 18.4 Å². The lowest BCUT2D eigenvalue weighted by Crippen LogP contribution is -2.41. The maximum atomic E-state index is 13.4. The quantitative estimate of drug-likeness (QED) is 0.916. The van der Waals surface area contributed by atoms with E-state index in [2.05, 4.69) is 9.88 Å². The molecule has 2 heterocycles. The highest BCUT2D eigenvalue weighted by molar-refractivity contribution is 5.74. The number of benzene rings is 1. The largest absolute Gasteiger partial charge is 0.480 e. The maximum Gasteiger partial charge on any atom is 0.320 e. The minimum atomic E-state index is -0.761. The topological polar surface area (TPSA) is 66.6 Å². The smallest absolute Gasteiger partial charge is 0.320 e. The van der Waals surface area contributed by atoms with Crippen LogP contribution in [0.4, 0.5) is 4.39 Å². The van der Waals surface area contributed by atoms with E-state index in [0.717, 1.165) is 19.3 Å². The first-order chi connectivity index (χ1) is 12.1. The monoisotopic (exact) mass is 344 g/mol. The number of carboxylic acid groups (broad SMARTS) is 1. The van der Waals surface area contributed by atoms with Gasteiger partial charge in [-0.2, -0.15) is 0 Å². The Morgan fingerprint density at radius 2 is 2.20 bits per heavy atom. The summed E-state index contributed by atoms with van der Waals surface area (Å²) in [6.45, 7) is 0.455. The number of carboxylic acids is 1. The highest BCUT2D eigenvalue weighted by atomic mass is 19.1. The van der Waals surface area contributed by atoms with Gasteiger partial charge in [0.1, 0.15) is 18.1 Å². The summed E-state index contributed by atoms with van der Waals surface area (Å²) < 4.78 is 18.9. The number of fused-ring (bicyclic) bond motifs is 1. The van der Waals surface area contributed by atoms with Crippen molar-refractivity contribution in [3.05, 3.63) is 42.0 Å². The third-order valence-corrected chi connectivity index (χ3v) is 5.47. The lowest BCUT2D eigenvalue weighted by Gasteiger charge is -2.32. The van der Waals surface area contributed by atoms with Crippen molar-refractivity contribution < 1.29 is 18.7 Å². The second-order valence-electron chi connectivity index (χ2n) is 7.03. The second kappa shape index (κ2) is 6.59. The average molecular weight is 344 g/mol. The molecule has 1 saturated heterocycles. The lowest BCUT2D eigenvalue weighted by atomic mass is 9.85. The van der Waals surface area contributed by atoms with Gasteiger partial charge in [-0.25, -0.2) is 9.37 Å². The molecule has 132 valence electrons. The van der Waals surface area contributed by atoms with Crippen molar-refractivity contribution in [3.63, 3.8) is 0 Å². The Bertz CT molecular complexity index is 776. The van der Waals surface area contributed by atoms with Crippen LogP contribution >= 0.6 is 0 Å². The van der Waals surface area contributed by atoms with E-state index in [1.165, 1.54) is 18.6 Å². The zero-order valence-corrected chi connectivity index (χ0v) is 13.9. The molecule has 1 aliphatic heterocycles. The van der Waals surface area contributed by atoms with Crippen LogP contribution in [0.3, 0.4) is 0 Å². The van der Waals surface area contributed by atoms with Crippen LogP contribution < -0.4 is 0 Å². The summed E-state index contributed by atoms with van der Waals surface area (Å²) in [5, 5.41) is 9.60. The third-order valence-electron chi connectivity index (χ3n) is 5.47. The SMILES string of the molecule is O=C(O)[C@@H]1C[C@H]2CCCC[C@@H]2N1Cc1coc(-c2cccc(F)c2)n1.